The van der Waals surface area contributed by atoms with Gasteiger partial charge in [-0.15, -0.1) is 0 Å². The molecule has 0 radical (unpaired) electrons. The zero-order valence-electron chi connectivity index (χ0n) is 8.22. The van der Waals surface area contributed by atoms with Gasteiger partial charge in [0.25, 0.3) is 10.0 Å². The lowest BCUT2D eigenvalue weighted by atomic mass is 10.1. The maximum absolute atomic E-state index is 12.1. The van der Waals surface area contributed by atoms with E-state index in [1.807, 2.05) is 0 Å². The molecule has 1 aromatic carbocycles. The van der Waals surface area contributed by atoms with Gasteiger partial charge in [-0.2, -0.15) is 8.78 Å². The molecule has 0 aromatic heterocycles. The zero-order valence-corrected chi connectivity index (χ0v) is 9.04. The molecule has 1 aromatic rings. The Labute approximate surface area is 95.1 Å². The van der Waals surface area contributed by atoms with Crippen molar-refractivity contribution in [2.24, 2.45) is 0 Å². The number of nitrogens with two attached hydrogens (primary N) is 1. The first-order valence-electron chi connectivity index (χ1n) is 4.16. The summed E-state index contributed by atoms with van der Waals surface area (Å²) >= 11 is 0. The minimum absolute atomic E-state index is 0.0435. The number of carbonyl (C=O) groups is 1. The van der Waals surface area contributed by atoms with E-state index in [0.29, 0.717) is 0 Å². The molecule has 0 atom stereocenters. The molecule has 0 aliphatic carbocycles. The fourth-order valence-electron chi connectivity index (χ4n) is 1.03. The van der Waals surface area contributed by atoms with E-state index in [-0.39, 0.29) is 5.69 Å². The molecule has 0 bridgehead atoms. The van der Waals surface area contributed by atoms with Gasteiger partial charge in [0.2, 0.25) is 0 Å². The van der Waals surface area contributed by atoms with E-state index in [1.165, 1.54) is 10.8 Å². The highest BCUT2D eigenvalue weighted by Gasteiger charge is 2.25. The Morgan fingerprint density at radius 2 is 2.00 bits per heavy atom. The first-order valence-corrected chi connectivity index (χ1v) is 5.71. The number of benzene rings is 1. The molecule has 0 saturated heterocycles. The summed E-state index contributed by atoms with van der Waals surface area (Å²) in [7, 11) is -4.93. The standard InChI is InChI=1S/C8H8F2N2O4S/c9-8(10)17(15,16)12-6-3-4(11)1-2-5(6)7(13)14/h1-3,8,12H,11H2,(H,13,14). The average Bonchev–Trinajstić information content (AvgIpc) is 2.15. The topological polar surface area (TPSA) is 109 Å². The number of rotatable bonds is 4. The molecule has 94 valence electrons. The smallest absolute Gasteiger partial charge is 0.355 e. The molecule has 0 heterocycles. The van der Waals surface area contributed by atoms with Crippen LogP contribution in [0.3, 0.4) is 0 Å². The Kier molecular flexibility index (Phi) is 3.51. The number of nitrogen functional groups attached to an aromatic ring is 1. The van der Waals surface area contributed by atoms with Crippen LogP contribution in [0.25, 0.3) is 0 Å². The van der Waals surface area contributed by atoms with Crippen molar-refractivity contribution in [3.05, 3.63) is 23.8 Å². The van der Waals surface area contributed by atoms with E-state index < -0.39 is 33.0 Å². The van der Waals surface area contributed by atoms with Gasteiger partial charge in [-0.05, 0) is 18.2 Å². The first kappa shape index (κ1) is 13.2. The van der Waals surface area contributed by atoms with Crippen LogP contribution in [0.15, 0.2) is 18.2 Å². The lowest BCUT2D eigenvalue weighted by molar-refractivity contribution is 0.0698. The Morgan fingerprint density at radius 1 is 1.41 bits per heavy atom. The van der Waals surface area contributed by atoms with Crippen LogP contribution < -0.4 is 10.5 Å². The molecule has 0 aliphatic rings. The molecule has 0 fully saturated rings. The van der Waals surface area contributed by atoms with Crippen molar-refractivity contribution in [3.8, 4) is 0 Å². The van der Waals surface area contributed by atoms with Crippen LogP contribution in [0.5, 0.6) is 0 Å². The summed E-state index contributed by atoms with van der Waals surface area (Å²) in [4.78, 5) is 10.7. The number of alkyl halides is 2. The molecule has 0 saturated carbocycles. The number of hydrogen-bond acceptors (Lipinski definition) is 4. The summed E-state index contributed by atoms with van der Waals surface area (Å²) in [6.45, 7) is 0. The third kappa shape index (κ3) is 3.03. The van der Waals surface area contributed by atoms with Gasteiger partial charge in [-0.1, -0.05) is 0 Å². The van der Waals surface area contributed by atoms with Crippen molar-refractivity contribution in [1.29, 1.82) is 0 Å². The second kappa shape index (κ2) is 4.53. The minimum Gasteiger partial charge on any atom is -0.478 e. The van der Waals surface area contributed by atoms with Crippen LogP contribution in [-0.2, 0) is 10.0 Å². The SMILES string of the molecule is Nc1ccc(C(=O)O)c(NS(=O)(=O)C(F)F)c1. The molecule has 6 nitrogen and oxygen atoms in total. The van der Waals surface area contributed by atoms with Crippen LogP contribution >= 0.6 is 0 Å². The number of carboxylic acid groups (broad SMARTS) is 1. The van der Waals surface area contributed by atoms with E-state index in [2.05, 4.69) is 0 Å². The normalized spacial score (nSPS) is 11.5. The number of aromatic carboxylic acids is 1. The van der Waals surface area contributed by atoms with E-state index in [4.69, 9.17) is 10.8 Å². The van der Waals surface area contributed by atoms with Crippen molar-refractivity contribution < 1.29 is 27.1 Å². The molecule has 0 aliphatic heterocycles. The number of sulfonamides is 1. The first-order chi connectivity index (χ1) is 7.74. The maximum atomic E-state index is 12.1. The molecule has 9 heteroatoms. The Hall–Kier alpha value is -1.90. The van der Waals surface area contributed by atoms with Gasteiger partial charge in [0.15, 0.2) is 0 Å². The highest BCUT2D eigenvalue weighted by atomic mass is 32.2. The van der Waals surface area contributed by atoms with E-state index in [9.17, 15) is 22.0 Å². The van der Waals surface area contributed by atoms with Crippen molar-refractivity contribution in [3.63, 3.8) is 0 Å². The quantitative estimate of drug-likeness (QED) is 0.702. The van der Waals surface area contributed by atoms with Crippen LogP contribution in [0.2, 0.25) is 0 Å². The summed E-state index contributed by atoms with van der Waals surface area (Å²) in [6, 6.07) is 3.17. The van der Waals surface area contributed by atoms with Crippen LogP contribution in [0, 0.1) is 0 Å². The fourth-order valence-corrected chi connectivity index (χ4v) is 1.60. The molecule has 0 spiro atoms. The second-order valence-electron chi connectivity index (χ2n) is 3.02. The number of carboxylic acids is 1. The second-order valence-corrected chi connectivity index (χ2v) is 4.67. The molecular weight excluding hydrogens is 258 g/mol. The number of anilines is 2. The predicted molar refractivity (Wildman–Crippen MR) is 56.4 cm³/mol. The number of nitrogens with one attached hydrogen (secondary N) is 1. The Bertz CT molecular complexity index is 544. The molecule has 1 rings (SSSR count). The molecular formula is C8H8F2N2O4S. The van der Waals surface area contributed by atoms with Crippen molar-refractivity contribution >= 4 is 27.4 Å². The summed E-state index contributed by atoms with van der Waals surface area (Å²) in [5.41, 5.74) is 4.38. The highest BCUT2D eigenvalue weighted by molar-refractivity contribution is 7.93. The van der Waals surface area contributed by atoms with Gasteiger partial charge < -0.3 is 10.8 Å². The zero-order chi connectivity index (χ0) is 13.2. The largest absolute Gasteiger partial charge is 0.478 e. The van der Waals surface area contributed by atoms with E-state index in [1.54, 1.807) is 0 Å². The third-order valence-electron chi connectivity index (χ3n) is 1.76. The van der Waals surface area contributed by atoms with Gasteiger partial charge in [0.1, 0.15) is 0 Å². The van der Waals surface area contributed by atoms with Gasteiger partial charge in [0, 0.05) is 5.69 Å². The minimum atomic E-state index is -4.93. The van der Waals surface area contributed by atoms with E-state index >= 15 is 0 Å². The summed E-state index contributed by atoms with van der Waals surface area (Å²) in [6.07, 6.45) is 0. The molecule has 17 heavy (non-hydrogen) atoms. The summed E-state index contributed by atoms with van der Waals surface area (Å²) in [5.74, 6) is -5.12. The lowest BCUT2D eigenvalue weighted by Gasteiger charge is -2.10. The fraction of sp³-hybridized carbons (Fsp3) is 0.125. The highest BCUT2D eigenvalue weighted by Crippen LogP contribution is 2.22. The van der Waals surface area contributed by atoms with E-state index in [0.717, 1.165) is 12.1 Å². The van der Waals surface area contributed by atoms with Crippen LogP contribution in [0.4, 0.5) is 20.2 Å². The number of hydrogen-bond donors (Lipinski definition) is 3. The van der Waals surface area contributed by atoms with Crippen molar-refractivity contribution in [2.45, 2.75) is 5.76 Å². The van der Waals surface area contributed by atoms with Gasteiger partial charge in [-0.25, -0.2) is 13.2 Å². The lowest BCUT2D eigenvalue weighted by Crippen LogP contribution is -2.22. The van der Waals surface area contributed by atoms with Gasteiger partial charge in [-0.3, -0.25) is 4.72 Å². The summed E-state index contributed by atoms with van der Waals surface area (Å²) < 4.78 is 47.5. The van der Waals surface area contributed by atoms with Crippen molar-refractivity contribution in [2.75, 3.05) is 10.5 Å². The van der Waals surface area contributed by atoms with Crippen LogP contribution in [-0.4, -0.2) is 25.3 Å². The summed E-state index contributed by atoms with van der Waals surface area (Å²) in [5, 5.41) is 8.73. The van der Waals surface area contributed by atoms with Gasteiger partial charge >= 0.3 is 11.7 Å². The Balaban J connectivity index is 3.22. The third-order valence-corrected chi connectivity index (χ3v) is 2.73. The molecule has 0 unspecified atom stereocenters. The van der Waals surface area contributed by atoms with Crippen molar-refractivity contribution in [1.82, 2.24) is 0 Å². The Morgan fingerprint density at radius 3 is 2.47 bits per heavy atom. The molecule has 0 amide bonds. The van der Waals surface area contributed by atoms with Crippen LogP contribution in [0.1, 0.15) is 10.4 Å². The maximum Gasteiger partial charge on any atom is 0.355 e. The molecule has 4 N–H and O–H groups in total. The predicted octanol–water partition coefficient (Wildman–Crippen LogP) is 0.931. The average molecular weight is 266 g/mol. The van der Waals surface area contributed by atoms with Gasteiger partial charge in [0.05, 0.1) is 11.3 Å². The monoisotopic (exact) mass is 266 g/mol. The number of halogens is 2.